The van der Waals surface area contributed by atoms with Crippen molar-refractivity contribution < 1.29 is 9.18 Å². The van der Waals surface area contributed by atoms with Gasteiger partial charge in [0.05, 0.1) is 21.8 Å². The maximum Gasteiger partial charge on any atom is 0.266 e. The Kier molecular flexibility index (Phi) is 5.08. The molecule has 0 fully saturated rings. The van der Waals surface area contributed by atoms with Gasteiger partial charge in [-0.25, -0.2) is 9.37 Å². The van der Waals surface area contributed by atoms with Crippen molar-refractivity contribution in [2.45, 2.75) is 17.3 Å². The van der Waals surface area contributed by atoms with Crippen molar-refractivity contribution in [3.8, 4) is 5.69 Å². The van der Waals surface area contributed by atoms with E-state index >= 15 is 0 Å². The average molecular weight is 371 g/mol. The summed E-state index contributed by atoms with van der Waals surface area (Å²) in [7, 11) is 3.33. The van der Waals surface area contributed by atoms with Crippen molar-refractivity contribution in [1.82, 2.24) is 14.5 Å². The number of thioether (sulfide) groups is 1. The lowest BCUT2D eigenvalue weighted by Crippen LogP contribution is -2.31. The summed E-state index contributed by atoms with van der Waals surface area (Å²) in [6.07, 6.45) is 0. The predicted octanol–water partition coefficient (Wildman–Crippen LogP) is 3.09. The predicted molar refractivity (Wildman–Crippen MR) is 101 cm³/mol. The van der Waals surface area contributed by atoms with E-state index in [1.807, 2.05) is 0 Å². The van der Waals surface area contributed by atoms with Crippen LogP contribution in [0.4, 0.5) is 4.39 Å². The first-order chi connectivity index (χ1) is 12.4. The van der Waals surface area contributed by atoms with E-state index < -0.39 is 11.1 Å². The normalized spacial score (nSPS) is 12.2. The molecule has 0 spiro atoms. The number of nitrogens with zero attached hydrogens (tertiary/aromatic N) is 3. The molecule has 1 atom stereocenters. The Labute approximate surface area is 154 Å². The lowest BCUT2D eigenvalue weighted by atomic mass is 10.2. The van der Waals surface area contributed by atoms with Crippen LogP contribution in [0.3, 0.4) is 0 Å². The Balaban J connectivity index is 2.24. The molecular weight excluding hydrogens is 353 g/mol. The van der Waals surface area contributed by atoms with Gasteiger partial charge in [-0.3, -0.25) is 14.2 Å². The van der Waals surface area contributed by atoms with Gasteiger partial charge in [0.1, 0.15) is 5.82 Å². The van der Waals surface area contributed by atoms with Gasteiger partial charge < -0.3 is 4.90 Å². The number of aromatic nitrogens is 2. The van der Waals surface area contributed by atoms with E-state index in [-0.39, 0.29) is 22.3 Å². The lowest BCUT2D eigenvalue weighted by Gasteiger charge is -2.19. The van der Waals surface area contributed by atoms with Crippen LogP contribution < -0.4 is 5.56 Å². The molecule has 0 aliphatic heterocycles. The molecule has 3 aromatic rings. The molecule has 0 saturated carbocycles. The molecule has 26 heavy (non-hydrogen) atoms. The van der Waals surface area contributed by atoms with E-state index in [9.17, 15) is 14.0 Å². The Morgan fingerprint density at radius 3 is 2.50 bits per heavy atom. The Hall–Kier alpha value is -2.67. The van der Waals surface area contributed by atoms with Crippen LogP contribution in [0, 0.1) is 5.82 Å². The standard InChI is InChI=1S/C19H18FN3O2S/c1-12(17(24)22(2)3)26-19-21-15-10-6-4-8-13(15)18(25)23(19)16-11-7-5-9-14(16)20/h4-12H,1-3H3/t12-/m0/s1. The second-order valence-electron chi connectivity index (χ2n) is 6.00. The van der Waals surface area contributed by atoms with Crippen molar-refractivity contribution in [3.63, 3.8) is 0 Å². The summed E-state index contributed by atoms with van der Waals surface area (Å²) in [5.74, 6) is -0.641. The van der Waals surface area contributed by atoms with Gasteiger partial charge in [0.25, 0.3) is 5.56 Å². The summed E-state index contributed by atoms with van der Waals surface area (Å²) < 4.78 is 15.6. The molecule has 0 unspecified atom stereocenters. The first kappa shape index (κ1) is 18.1. The fourth-order valence-electron chi connectivity index (χ4n) is 2.61. The molecule has 1 aromatic heterocycles. The maximum atomic E-state index is 14.4. The highest BCUT2D eigenvalue weighted by Gasteiger charge is 2.22. The van der Waals surface area contributed by atoms with Crippen LogP contribution in [0.2, 0.25) is 0 Å². The zero-order valence-electron chi connectivity index (χ0n) is 14.6. The average Bonchev–Trinajstić information content (AvgIpc) is 2.62. The number of benzene rings is 2. The van der Waals surface area contributed by atoms with E-state index in [0.717, 1.165) is 11.8 Å². The highest BCUT2D eigenvalue weighted by molar-refractivity contribution is 8.00. The van der Waals surface area contributed by atoms with E-state index in [0.29, 0.717) is 10.9 Å². The van der Waals surface area contributed by atoms with E-state index in [2.05, 4.69) is 4.98 Å². The summed E-state index contributed by atoms with van der Waals surface area (Å²) in [5, 5.41) is 0.198. The van der Waals surface area contributed by atoms with Crippen molar-refractivity contribution >= 4 is 28.6 Å². The third kappa shape index (κ3) is 3.35. The molecule has 3 rings (SSSR count). The third-order valence-corrected chi connectivity index (χ3v) is 4.95. The van der Waals surface area contributed by atoms with Crippen molar-refractivity contribution in [3.05, 3.63) is 64.7 Å². The lowest BCUT2D eigenvalue weighted by molar-refractivity contribution is -0.127. The second kappa shape index (κ2) is 7.29. The fourth-order valence-corrected chi connectivity index (χ4v) is 3.67. The number of fused-ring (bicyclic) bond motifs is 1. The number of carbonyl (C=O) groups is 1. The van der Waals surface area contributed by atoms with Gasteiger partial charge in [0.15, 0.2) is 5.16 Å². The van der Waals surface area contributed by atoms with E-state index in [1.54, 1.807) is 57.4 Å². The number of amides is 1. The first-order valence-corrected chi connectivity index (χ1v) is 8.92. The molecule has 5 nitrogen and oxygen atoms in total. The first-order valence-electron chi connectivity index (χ1n) is 8.04. The summed E-state index contributed by atoms with van der Waals surface area (Å²) in [6.45, 7) is 1.74. The molecule has 0 aliphatic rings. The molecule has 2 aromatic carbocycles. The highest BCUT2D eigenvalue weighted by atomic mass is 32.2. The fraction of sp³-hybridized carbons (Fsp3) is 0.211. The summed E-state index contributed by atoms with van der Waals surface area (Å²) in [5.41, 5.74) is 0.257. The smallest absolute Gasteiger partial charge is 0.266 e. The van der Waals surface area contributed by atoms with Crippen LogP contribution in [0.1, 0.15) is 6.92 Å². The molecule has 0 radical (unpaired) electrons. The third-order valence-electron chi connectivity index (χ3n) is 3.91. The molecule has 0 saturated heterocycles. The molecule has 0 N–H and O–H groups in total. The van der Waals surface area contributed by atoms with Crippen molar-refractivity contribution in [2.24, 2.45) is 0 Å². The highest BCUT2D eigenvalue weighted by Crippen LogP contribution is 2.26. The topological polar surface area (TPSA) is 55.2 Å². The van der Waals surface area contributed by atoms with Crippen molar-refractivity contribution in [1.29, 1.82) is 0 Å². The molecular formula is C19H18FN3O2S. The SMILES string of the molecule is C[C@H](Sc1nc2ccccc2c(=O)n1-c1ccccc1F)C(=O)N(C)C. The summed E-state index contributed by atoms with van der Waals surface area (Å²) in [6, 6.07) is 12.9. The van der Waals surface area contributed by atoms with Gasteiger partial charge in [-0.1, -0.05) is 36.0 Å². The Morgan fingerprint density at radius 1 is 1.15 bits per heavy atom. The van der Waals surface area contributed by atoms with Crippen LogP contribution in [0.25, 0.3) is 16.6 Å². The van der Waals surface area contributed by atoms with Gasteiger partial charge in [0, 0.05) is 14.1 Å². The molecule has 1 heterocycles. The molecule has 1 amide bonds. The quantitative estimate of drug-likeness (QED) is 0.522. The maximum absolute atomic E-state index is 14.4. The molecule has 0 bridgehead atoms. The van der Waals surface area contributed by atoms with Crippen molar-refractivity contribution in [2.75, 3.05) is 14.1 Å². The molecule has 134 valence electrons. The van der Waals surface area contributed by atoms with Crippen LogP contribution in [-0.2, 0) is 4.79 Å². The number of rotatable bonds is 4. The number of hydrogen-bond donors (Lipinski definition) is 0. The zero-order valence-corrected chi connectivity index (χ0v) is 15.5. The molecule has 7 heteroatoms. The minimum atomic E-state index is -0.528. The largest absolute Gasteiger partial charge is 0.348 e. The number of hydrogen-bond acceptors (Lipinski definition) is 4. The number of carbonyl (C=O) groups excluding carboxylic acids is 1. The minimum Gasteiger partial charge on any atom is -0.348 e. The second-order valence-corrected chi connectivity index (χ2v) is 7.30. The Morgan fingerprint density at radius 2 is 1.81 bits per heavy atom. The Bertz CT molecular complexity index is 1030. The van der Waals surface area contributed by atoms with Crippen LogP contribution in [0.5, 0.6) is 0 Å². The zero-order chi connectivity index (χ0) is 18.8. The molecule has 0 aliphatic carbocycles. The van der Waals surface area contributed by atoms with Crippen LogP contribution in [-0.4, -0.2) is 39.7 Å². The summed E-state index contributed by atoms with van der Waals surface area (Å²) >= 11 is 1.13. The van der Waals surface area contributed by atoms with Crippen LogP contribution in [0.15, 0.2) is 58.5 Å². The summed E-state index contributed by atoms with van der Waals surface area (Å²) in [4.78, 5) is 31.3. The van der Waals surface area contributed by atoms with Crippen LogP contribution >= 0.6 is 11.8 Å². The van der Waals surface area contributed by atoms with Gasteiger partial charge in [-0.15, -0.1) is 0 Å². The monoisotopic (exact) mass is 371 g/mol. The van der Waals surface area contributed by atoms with Gasteiger partial charge >= 0.3 is 0 Å². The minimum absolute atomic E-state index is 0.113. The van der Waals surface area contributed by atoms with E-state index in [4.69, 9.17) is 0 Å². The van der Waals surface area contributed by atoms with Gasteiger partial charge in [0.2, 0.25) is 5.91 Å². The number of para-hydroxylation sites is 2. The van der Waals surface area contributed by atoms with Gasteiger partial charge in [-0.05, 0) is 31.2 Å². The van der Waals surface area contributed by atoms with E-state index in [1.165, 1.54) is 21.6 Å². The number of halogens is 1. The van der Waals surface area contributed by atoms with Gasteiger partial charge in [-0.2, -0.15) is 0 Å².